The molecule has 0 heterocycles. The Kier molecular flexibility index (Phi) is 6.65. The van der Waals surface area contributed by atoms with Crippen molar-refractivity contribution in [2.24, 2.45) is 11.1 Å². The third-order valence-electron chi connectivity index (χ3n) is 1.10. The van der Waals surface area contributed by atoms with Crippen molar-refractivity contribution in [3.63, 3.8) is 0 Å². The first-order valence-corrected chi connectivity index (χ1v) is 3.81. The lowest BCUT2D eigenvalue weighted by molar-refractivity contribution is -0.138. The summed E-state index contributed by atoms with van der Waals surface area (Å²) in [6, 6.07) is -0.861. The minimum Gasteiger partial charge on any atom is -0.480 e. The van der Waals surface area contributed by atoms with Crippen LogP contribution in [0.1, 0.15) is 27.2 Å². The Labute approximate surface area is 85.1 Å². The Morgan fingerprint density at radius 2 is 2.00 bits per heavy atom. The van der Waals surface area contributed by atoms with Crippen molar-refractivity contribution in [3.8, 4) is 11.8 Å². The van der Waals surface area contributed by atoms with Crippen molar-refractivity contribution < 1.29 is 9.90 Å². The third kappa shape index (κ3) is 9.19. The van der Waals surface area contributed by atoms with Crippen LogP contribution in [0, 0.1) is 17.3 Å². The maximum atomic E-state index is 10.3. The zero-order valence-corrected chi connectivity index (χ0v) is 8.94. The van der Waals surface area contributed by atoms with Crippen LogP contribution in [0.2, 0.25) is 0 Å². The van der Waals surface area contributed by atoms with Gasteiger partial charge in [0.1, 0.15) is 6.04 Å². The van der Waals surface area contributed by atoms with Gasteiger partial charge in [-0.05, 0) is 20.8 Å². The van der Waals surface area contributed by atoms with Gasteiger partial charge in [0.05, 0.1) is 0 Å². The highest BCUT2D eigenvalue weighted by Crippen LogP contribution is 2.09. The lowest BCUT2D eigenvalue weighted by atomic mass is 9.97. The minimum atomic E-state index is -1.00. The van der Waals surface area contributed by atoms with Gasteiger partial charge in [-0.3, -0.25) is 4.79 Å². The van der Waals surface area contributed by atoms with Crippen LogP contribution in [-0.2, 0) is 4.79 Å². The second-order valence-electron chi connectivity index (χ2n) is 3.70. The summed E-state index contributed by atoms with van der Waals surface area (Å²) in [5.41, 5.74) is 5.16. The van der Waals surface area contributed by atoms with Crippen molar-refractivity contribution in [2.75, 3.05) is 0 Å². The van der Waals surface area contributed by atoms with Gasteiger partial charge >= 0.3 is 5.97 Å². The number of aliphatic carboxylic acids is 1. The third-order valence-corrected chi connectivity index (χ3v) is 1.10. The molecule has 0 aliphatic heterocycles. The van der Waals surface area contributed by atoms with Gasteiger partial charge in [0.15, 0.2) is 0 Å². The fourth-order valence-electron chi connectivity index (χ4n) is 0.513. The molecule has 3 nitrogen and oxygen atoms in total. The van der Waals surface area contributed by atoms with Crippen molar-refractivity contribution in [1.82, 2.24) is 0 Å². The SMILES string of the molecule is CC(C)(C)C#CC[C@H](N)C(=O)O.Cl. The Hall–Kier alpha value is -0.720. The summed E-state index contributed by atoms with van der Waals surface area (Å²) in [5.74, 6) is 4.66. The molecule has 0 saturated carbocycles. The van der Waals surface area contributed by atoms with Crippen molar-refractivity contribution in [2.45, 2.75) is 33.2 Å². The molecule has 0 aliphatic rings. The lowest BCUT2D eigenvalue weighted by Gasteiger charge is -2.07. The molecule has 0 aliphatic carbocycles. The number of hydrogen-bond donors (Lipinski definition) is 2. The monoisotopic (exact) mass is 205 g/mol. The summed E-state index contributed by atoms with van der Waals surface area (Å²) in [7, 11) is 0. The fraction of sp³-hybridized carbons (Fsp3) is 0.667. The summed E-state index contributed by atoms with van der Waals surface area (Å²) >= 11 is 0. The molecule has 0 saturated heterocycles. The Morgan fingerprint density at radius 3 is 2.31 bits per heavy atom. The van der Waals surface area contributed by atoms with Crippen LogP contribution >= 0.6 is 12.4 Å². The van der Waals surface area contributed by atoms with Crippen LogP contribution in [0.5, 0.6) is 0 Å². The summed E-state index contributed by atoms with van der Waals surface area (Å²) in [6.45, 7) is 5.89. The molecule has 1 atom stereocenters. The van der Waals surface area contributed by atoms with Gasteiger partial charge in [-0.1, -0.05) is 5.92 Å². The number of carboxylic acid groups (broad SMARTS) is 1. The minimum absolute atomic E-state index is 0. The first-order chi connectivity index (χ1) is 5.33. The van der Waals surface area contributed by atoms with Gasteiger partial charge in [0.25, 0.3) is 0 Å². The molecule has 4 heteroatoms. The van der Waals surface area contributed by atoms with Crippen molar-refractivity contribution in [3.05, 3.63) is 0 Å². The smallest absolute Gasteiger partial charge is 0.321 e. The van der Waals surface area contributed by atoms with Crippen LogP contribution in [0.4, 0.5) is 0 Å². The van der Waals surface area contributed by atoms with Crippen LogP contribution < -0.4 is 5.73 Å². The molecule has 0 spiro atoms. The summed E-state index contributed by atoms with van der Waals surface area (Å²) in [6.07, 6.45) is 0.215. The number of hydrogen-bond acceptors (Lipinski definition) is 2. The maximum Gasteiger partial charge on any atom is 0.321 e. The van der Waals surface area contributed by atoms with Gasteiger partial charge in [-0.25, -0.2) is 0 Å². The number of carboxylic acids is 1. The second kappa shape index (κ2) is 5.85. The second-order valence-corrected chi connectivity index (χ2v) is 3.70. The van der Waals surface area contributed by atoms with Gasteiger partial charge in [0.2, 0.25) is 0 Å². The molecule has 0 aromatic carbocycles. The van der Waals surface area contributed by atoms with E-state index in [4.69, 9.17) is 10.8 Å². The van der Waals surface area contributed by atoms with Crippen LogP contribution in [0.3, 0.4) is 0 Å². The summed E-state index contributed by atoms with van der Waals surface area (Å²) in [5, 5.41) is 8.42. The van der Waals surface area contributed by atoms with Gasteiger partial charge in [-0.15, -0.1) is 18.3 Å². The molecular formula is C9H16ClNO2. The Bertz CT molecular complexity index is 222. The highest BCUT2D eigenvalue weighted by atomic mass is 35.5. The van der Waals surface area contributed by atoms with Crippen LogP contribution in [-0.4, -0.2) is 17.1 Å². The molecule has 0 fully saturated rings. The predicted molar refractivity (Wildman–Crippen MR) is 54.7 cm³/mol. The lowest BCUT2D eigenvalue weighted by Crippen LogP contribution is -2.29. The molecule has 13 heavy (non-hydrogen) atoms. The van der Waals surface area contributed by atoms with E-state index in [9.17, 15) is 4.79 Å². The Balaban J connectivity index is 0. The molecule has 0 aromatic heterocycles. The van der Waals surface area contributed by atoms with Crippen molar-refractivity contribution >= 4 is 18.4 Å². The molecule has 0 rings (SSSR count). The van der Waals surface area contributed by atoms with E-state index in [1.54, 1.807) is 0 Å². The molecule has 0 aromatic rings. The van der Waals surface area contributed by atoms with E-state index in [1.165, 1.54) is 0 Å². The first-order valence-electron chi connectivity index (χ1n) is 3.81. The van der Waals surface area contributed by atoms with E-state index in [0.717, 1.165) is 0 Å². The van der Waals surface area contributed by atoms with Gasteiger partial charge in [-0.2, -0.15) is 0 Å². The zero-order valence-electron chi connectivity index (χ0n) is 8.13. The van der Waals surface area contributed by atoms with E-state index in [2.05, 4.69) is 11.8 Å². The largest absolute Gasteiger partial charge is 0.480 e. The molecule has 0 radical (unpaired) electrons. The molecule has 0 amide bonds. The molecule has 0 bridgehead atoms. The first kappa shape index (κ1) is 14.8. The van der Waals surface area contributed by atoms with Crippen LogP contribution in [0.25, 0.3) is 0 Å². The molecule has 76 valence electrons. The quantitative estimate of drug-likeness (QED) is 0.668. The fourth-order valence-corrected chi connectivity index (χ4v) is 0.513. The number of carbonyl (C=O) groups is 1. The van der Waals surface area contributed by atoms with E-state index in [1.807, 2.05) is 20.8 Å². The molecule has 3 N–H and O–H groups in total. The molecular weight excluding hydrogens is 190 g/mol. The van der Waals surface area contributed by atoms with Crippen molar-refractivity contribution in [1.29, 1.82) is 0 Å². The highest BCUT2D eigenvalue weighted by molar-refractivity contribution is 5.85. The molecule has 0 unspecified atom stereocenters. The zero-order chi connectivity index (χ0) is 9.78. The Morgan fingerprint density at radius 1 is 1.54 bits per heavy atom. The number of nitrogens with two attached hydrogens (primary N) is 1. The van der Waals surface area contributed by atoms with Gasteiger partial charge < -0.3 is 10.8 Å². The maximum absolute atomic E-state index is 10.3. The average Bonchev–Trinajstić information content (AvgIpc) is 1.84. The number of halogens is 1. The van der Waals surface area contributed by atoms with Crippen LogP contribution in [0.15, 0.2) is 0 Å². The predicted octanol–water partition coefficient (Wildman–Crippen LogP) is 1.26. The van der Waals surface area contributed by atoms with E-state index >= 15 is 0 Å². The summed E-state index contributed by atoms with van der Waals surface area (Å²) < 4.78 is 0. The van der Waals surface area contributed by atoms with E-state index < -0.39 is 12.0 Å². The number of rotatable bonds is 2. The van der Waals surface area contributed by atoms with E-state index in [-0.39, 0.29) is 24.2 Å². The highest BCUT2D eigenvalue weighted by Gasteiger charge is 2.09. The normalized spacial score (nSPS) is 12.0. The standard InChI is InChI=1S/C9H15NO2.ClH/c1-9(2,3)6-4-5-7(10)8(11)12;/h7H,5,10H2,1-3H3,(H,11,12);1H/t7-;/m0./s1. The summed E-state index contributed by atoms with van der Waals surface area (Å²) in [4.78, 5) is 10.3. The average molecular weight is 206 g/mol. The topological polar surface area (TPSA) is 63.3 Å². The van der Waals surface area contributed by atoms with E-state index in [0.29, 0.717) is 0 Å². The van der Waals surface area contributed by atoms with Gasteiger partial charge in [0, 0.05) is 11.8 Å².